The Morgan fingerprint density at radius 1 is 1.15 bits per heavy atom. The molecule has 2 aromatic rings. The van der Waals surface area contributed by atoms with Crippen LogP contribution in [-0.4, -0.2) is 57.5 Å². The summed E-state index contributed by atoms with van der Waals surface area (Å²) in [5.74, 6) is 1.14. The van der Waals surface area contributed by atoms with Crippen molar-refractivity contribution in [1.29, 1.82) is 0 Å². The number of carbonyl (C=O) groups excluding carboxylic acids is 2. The van der Waals surface area contributed by atoms with Gasteiger partial charge in [0.05, 0.1) is 17.5 Å². The summed E-state index contributed by atoms with van der Waals surface area (Å²) >= 11 is 0. The van der Waals surface area contributed by atoms with Gasteiger partial charge in [0.15, 0.2) is 0 Å². The highest BCUT2D eigenvalue weighted by molar-refractivity contribution is 5.99. The molecule has 5 rings (SSSR count). The molecule has 1 aromatic carbocycles. The fraction of sp³-hybridized carbons (Fsp3) is 0.476. The Bertz CT molecular complexity index is 862. The molecular weight excluding hydrogens is 340 g/mol. The first-order chi connectivity index (χ1) is 13.2. The standard InChI is InChI=1S/C21H24N4O2/c26-19-8-4-7-18-16-9-14(12-25(18)19)11-24(13-16)21(27)17-10-22-23-20(17)15-5-2-1-3-6-15/h1-3,5-6,10,14,16,18H,4,7-9,11-13H2,(H,22,23)/t14?,16?,18-/m1/s1. The van der Waals surface area contributed by atoms with Crippen molar-refractivity contribution in [2.24, 2.45) is 11.8 Å². The number of aromatic nitrogens is 2. The van der Waals surface area contributed by atoms with Gasteiger partial charge in [-0.2, -0.15) is 5.10 Å². The van der Waals surface area contributed by atoms with Gasteiger partial charge >= 0.3 is 0 Å². The van der Waals surface area contributed by atoms with E-state index in [0.29, 0.717) is 35.8 Å². The van der Waals surface area contributed by atoms with Crippen LogP contribution < -0.4 is 0 Å². The SMILES string of the molecule is O=C(c1cn[nH]c1-c1ccccc1)N1CC2CC(C1)[C@H]1CCCC(=O)N1C2. The monoisotopic (exact) mass is 364 g/mol. The Balaban J connectivity index is 1.39. The van der Waals surface area contributed by atoms with E-state index in [4.69, 9.17) is 0 Å². The molecule has 3 saturated heterocycles. The highest BCUT2D eigenvalue weighted by Crippen LogP contribution is 2.38. The van der Waals surface area contributed by atoms with Gasteiger partial charge in [-0.1, -0.05) is 30.3 Å². The van der Waals surface area contributed by atoms with Crippen LogP contribution in [0, 0.1) is 11.8 Å². The summed E-state index contributed by atoms with van der Waals surface area (Å²) in [4.78, 5) is 29.7. The Morgan fingerprint density at radius 3 is 2.85 bits per heavy atom. The zero-order valence-corrected chi connectivity index (χ0v) is 15.3. The van der Waals surface area contributed by atoms with E-state index in [0.717, 1.165) is 50.2 Å². The van der Waals surface area contributed by atoms with Gasteiger partial charge in [-0.05, 0) is 31.1 Å². The molecule has 0 radical (unpaired) electrons. The molecule has 0 spiro atoms. The van der Waals surface area contributed by atoms with Crippen LogP contribution in [0.3, 0.4) is 0 Å². The minimum atomic E-state index is 0.0490. The quantitative estimate of drug-likeness (QED) is 0.890. The highest BCUT2D eigenvalue weighted by atomic mass is 16.2. The van der Waals surface area contributed by atoms with Crippen molar-refractivity contribution in [2.75, 3.05) is 19.6 Å². The van der Waals surface area contributed by atoms with Crippen molar-refractivity contribution < 1.29 is 9.59 Å². The van der Waals surface area contributed by atoms with E-state index in [1.54, 1.807) is 6.20 Å². The number of benzene rings is 1. The normalized spacial score (nSPS) is 27.4. The number of piperidine rings is 3. The molecular formula is C21H24N4O2. The van der Waals surface area contributed by atoms with Crippen LogP contribution in [0.2, 0.25) is 0 Å². The molecule has 2 amide bonds. The first-order valence-corrected chi connectivity index (χ1v) is 9.88. The topological polar surface area (TPSA) is 69.3 Å². The second-order valence-electron chi connectivity index (χ2n) is 8.10. The largest absolute Gasteiger partial charge is 0.339 e. The van der Waals surface area contributed by atoms with Gasteiger partial charge in [0.1, 0.15) is 0 Å². The zero-order chi connectivity index (χ0) is 18.4. The molecule has 3 atom stereocenters. The van der Waals surface area contributed by atoms with Gasteiger partial charge in [0.25, 0.3) is 5.91 Å². The zero-order valence-electron chi connectivity index (χ0n) is 15.3. The smallest absolute Gasteiger partial charge is 0.257 e. The number of nitrogens with one attached hydrogen (secondary N) is 1. The number of amides is 2. The van der Waals surface area contributed by atoms with Crippen molar-refractivity contribution >= 4 is 11.8 Å². The lowest BCUT2D eigenvalue weighted by molar-refractivity contribution is -0.144. The Hall–Kier alpha value is -2.63. The maximum atomic E-state index is 13.3. The van der Waals surface area contributed by atoms with Crippen LogP contribution in [0.25, 0.3) is 11.3 Å². The molecule has 1 N–H and O–H groups in total. The van der Waals surface area contributed by atoms with Crippen LogP contribution >= 0.6 is 0 Å². The third-order valence-corrected chi connectivity index (χ3v) is 6.40. The minimum Gasteiger partial charge on any atom is -0.339 e. The summed E-state index contributed by atoms with van der Waals surface area (Å²) in [7, 11) is 0. The summed E-state index contributed by atoms with van der Waals surface area (Å²) in [6, 6.07) is 10.2. The third-order valence-electron chi connectivity index (χ3n) is 6.40. The summed E-state index contributed by atoms with van der Waals surface area (Å²) in [5, 5.41) is 7.13. The average molecular weight is 364 g/mol. The lowest BCUT2D eigenvalue weighted by Gasteiger charge is -2.52. The number of H-pyrrole nitrogens is 1. The predicted octanol–water partition coefficient (Wildman–Crippen LogP) is 2.55. The number of aromatic amines is 1. The fourth-order valence-corrected chi connectivity index (χ4v) is 5.22. The molecule has 0 saturated carbocycles. The van der Waals surface area contributed by atoms with Crippen molar-refractivity contribution in [3.05, 3.63) is 42.1 Å². The maximum Gasteiger partial charge on any atom is 0.257 e. The summed E-state index contributed by atoms with van der Waals surface area (Å²) < 4.78 is 0. The molecule has 4 heterocycles. The van der Waals surface area contributed by atoms with Gasteiger partial charge in [-0.3, -0.25) is 14.7 Å². The number of hydrogen-bond donors (Lipinski definition) is 1. The number of hydrogen-bond acceptors (Lipinski definition) is 3. The molecule has 1 aromatic heterocycles. The molecule has 2 bridgehead atoms. The van der Waals surface area contributed by atoms with E-state index in [1.807, 2.05) is 35.2 Å². The van der Waals surface area contributed by atoms with E-state index >= 15 is 0 Å². The van der Waals surface area contributed by atoms with E-state index in [1.165, 1.54) is 0 Å². The second kappa shape index (κ2) is 6.51. The predicted molar refractivity (Wildman–Crippen MR) is 101 cm³/mol. The third kappa shape index (κ3) is 2.83. The number of rotatable bonds is 2. The number of fused-ring (bicyclic) bond motifs is 4. The second-order valence-corrected chi connectivity index (χ2v) is 8.10. The van der Waals surface area contributed by atoms with E-state index in [2.05, 4.69) is 15.1 Å². The van der Waals surface area contributed by atoms with Gasteiger partial charge in [-0.15, -0.1) is 0 Å². The van der Waals surface area contributed by atoms with Crippen LogP contribution in [0.1, 0.15) is 36.0 Å². The van der Waals surface area contributed by atoms with Crippen molar-refractivity contribution in [3.8, 4) is 11.3 Å². The van der Waals surface area contributed by atoms with Crippen LogP contribution in [0.4, 0.5) is 0 Å². The van der Waals surface area contributed by atoms with Crippen LogP contribution in [0.5, 0.6) is 0 Å². The van der Waals surface area contributed by atoms with Gasteiger partial charge in [-0.25, -0.2) is 0 Å². The Morgan fingerprint density at radius 2 is 2.00 bits per heavy atom. The first-order valence-electron chi connectivity index (χ1n) is 9.88. The lowest BCUT2D eigenvalue weighted by atomic mass is 9.76. The summed E-state index contributed by atoms with van der Waals surface area (Å²) in [6.45, 7) is 2.27. The van der Waals surface area contributed by atoms with E-state index < -0.39 is 0 Å². The molecule has 3 fully saturated rings. The molecule has 27 heavy (non-hydrogen) atoms. The molecule has 3 aliphatic heterocycles. The van der Waals surface area contributed by atoms with Crippen molar-refractivity contribution in [2.45, 2.75) is 31.7 Å². The fourth-order valence-electron chi connectivity index (χ4n) is 5.22. The Labute approximate surface area is 158 Å². The van der Waals surface area contributed by atoms with Crippen LogP contribution in [0.15, 0.2) is 36.5 Å². The molecule has 3 aliphatic rings. The number of carbonyl (C=O) groups is 2. The lowest BCUT2D eigenvalue weighted by Crippen LogP contribution is -2.61. The molecule has 140 valence electrons. The van der Waals surface area contributed by atoms with E-state index in [9.17, 15) is 9.59 Å². The van der Waals surface area contributed by atoms with Gasteiger partial charge in [0, 0.05) is 37.7 Å². The van der Waals surface area contributed by atoms with Crippen molar-refractivity contribution in [3.63, 3.8) is 0 Å². The van der Waals surface area contributed by atoms with Gasteiger partial charge < -0.3 is 9.80 Å². The highest BCUT2D eigenvalue weighted by Gasteiger charge is 2.45. The molecule has 2 unspecified atom stereocenters. The molecule has 6 nitrogen and oxygen atoms in total. The minimum absolute atomic E-state index is 0.0490. The molecule has 0 aliphatic carbocycles. The maximum absolute atomic E-state index is 13.3. The summed E-state index contributed by atoms with van der Waals surface area (Å²) in [6.07, 6.45) is 5.52. The summed E-state index contributed by atoms with van der Waals surface area (Å²) in [5.41, 5.74) is 2.39. The van der Waals surface area contributed by atoms with Gasteiger partial charge in [0.2, 0.25) is 5.91 Å². The van der Waals surface area contributed by atoms with Crippen LogP contribution in [-0.2, 0) is 4.79 Å². The first kappa shape index (κ1) is 16.5. The number of likely N-dealkylation sites (tertiary alicyclic amines) is 1. The number of nitrogens with zero attached hydrogens (tertiary/aromatic N) is 3. The average Bonchev–Trinajstić information content (AvgIpc) is 3.19. The molecule has 6 heteroatoms. The van der Waals surface area contributed by atoms with E-state index in [-0.39, 0.29) is 5.91 Å². The van der Waals surface area contributed by atoms with Crippen molar-refractivity contribution in [1.82, 2.24) is 20.0 Å². The Kier molecular flexibility index (Phi) is 3.99.